The van der Waals surface area contributed by atoms with Gasteiger partial charge < -0.3 is 10.2 Å². The lowest BCUT2D eigenvalue weighted by atomic mass is 10.2. The molecule has 0 saturated carbocycles. The Morgan fingerprint density at radius 1 is 1.13 bits per heavy atom. The van der Waals surface area contributed by atoms with Crippen molar-refractivity contribution in [2.75, 3.05) is 18.0 Å². The highest BCUT2D eigenvalue weighted by Crippen LogP contribution is 2.17. The highest BCUT2D eigenvalue weighted by Gasteiger charge is 2.11. The SMILES string of the molecule is CCN(CC)c1ccc(CNC(=O)c2ccc(C(C)=O)s2)cn1. The van der Waals surface area contributed by atoms with E-state index in [-0.39, 0.29) is 11.7 Å². The van der Waals surface area contributed by atoms with Gasteiger partial charge in [0.2, 0.25) is 0 Å². The quantitative estimate of drug-likeness (QED) is 0.792. The Bertz CT molecular complexity index is 675. The van der Waals surface area contributed by atoms with E-state index in [1.54, 1.807) is 18.3 Å². The summed E-state index contributed by atoms with van der Waals surface area (Å²) in [4.78, 5) is 31.1. The van der Waals surface area contributed by atoms with Crippen molar-refractivity contribution in [1.29, 1.82) is 0 Å². The number of ketones is 1. The molecule has 0 aliphatic heterocycles. The molecule has 2 rings (SSSR count). The first-order chi connectivity index (χ1) is 11.0. The molecular weight excluding hydrogens is 310 g/mol. The van der Waals surface area contributed by atoms with Crippen LogP contribution >= 0.6 is 11.3 Å². The number of pyridine rings is 1. The molecule has 0 bridgehead atoms. The van der Waals surface area contributed by atoms with Crippen LogP contribution in [0.2, 0.25) is 0 Å². The predicted molar refractivity (Wildman–Crippen MR) is 93.3 cm³/mol. The van der Waals surface area contributed by atoms with E-state index >= 15 is 0 Å². The van der Waals surface area contributed by atoms with Crippen LogP contribution in [0.4, 0.5) is 5.82 Å². The van der Waals surface area contributed by atoms with Crippen molar-refractivity contribution in [2.45, 2.75) is 27.3 Å². The lowest BCUT2D eigenvalue weighted by molar-refractivity contribution is 0.0954. The van der Waals surface area contributed by atoms with E-state index in [0.29, 0.717) is 16.3 Å². The van der Waals surface area contributed by atoms with Gasteiger partial charge in [0.1, 0.15) is 5.82 Å². The third-order valence-electron chi connectivity index (χ3n) is 3.53. The summed E-state index contributed by atoms with van der Waals surface area (Å²) >= 11 is 1.21. The van der Waals surface area contributed by atoms with Gasteiger partial charge in [-0.05, 0) is 44.5 Å². The van der Waals surface area contributed by atoms with Gasteiger partial charge in [0.25, 0.3) is 5.91 Å². The molecule has 0 fully saturated rings. The molecule has 0 unspecified atom stereocenters. The predicted octanol–water partition coefficient (Wildman–Crippen LogP) is 3.12. The fraction of sp³-hybridized carbons (Fsp3) is 0.353. The van der Waals surface area contributed by atoms with Gasteiger partial charge in [-0.3, -0.25) is 9.59 Å². The Morgan fingerprint density at radius 2 is 1.83 bits per heavy atom. The minimum atomic E-state index is -0.171. The number of anilines is 1. The largest absolute Gasteiger partial charge is 0.357 e. The molecule has 0 aliphatic carbocycles. The van der Waals surface area contributed by atoms with Crippen LogP contribution in [0.3, 0.4) is 0 Å². The van der Waals surface area contributed by atoms with Crippen molar-refractivity contribution in [1.82, 2.24) is 10.3 Å². The average molecular weight is 331 g/mol. The third-order valence-corrected chi connectivity index (χ3v) is 4.71. The molecule has 23 heavy (non-hydrogen) atoms. The minimum Gasteiger partial charge on any atom is -0.357 e. The number of amides is 1. The summed E-state index contributed by atoms with van der Waals surface area (Å²) in [6, 6.07) is 7.30. The van der Waals surface area contributed by atoms with Gasteiger partial charge in [-0.2, -0.15) is 0 Å². The maximum atomic E-state index is 12.1. The van der Waals surface area contributed by atoms with Crippen LogP contribution in [-0.2, 0) is 6.54 Å². The molecule has 5 nitrogen and oxygen atoms in total. The Morgan fingerprint density at radius 3 is 2.35 bits per heavy atom. The Balaban J connectivity index is 1.94. The second-order valence-corrected chi connectivity index (χ2v) is 6.18. The summed E-state index contributed by atoms with van der Waals surface area (Å²) in [6.07, 6.45) is 1.78. The number of carbonyl (C=O) groups is 2. The minimum absolute atomic E-state index is 0.0229. The van der Waals surface area contributed by atoms with E-state index in [0.717, 1.165) is 24.5 Å². The zero-order valence-electron chi connectivity index (χ0n) is 13.6. The summed E-state index contributed by atoms with van der Waals surface area (Å²) in [5.74, 6) is 0.745. The Labute approximate surface area is 140 Å². The molecule has 2 heterocycles. The molecule has 0 spiro atoms. The van der Waals surface area contributed by atoms with Crippen LogP contribution in [0, 0.1) is 0 Å². The maximum Gasteiger partial charge on any atom is 0.261 e. The number of carbonyl (C=O) groups excluding carboxylic acids is 2. The monoisotopic (exact) mass is 331 g/mol. The summed E-state index contributed by atoms with van der Waals surface area (Å²) in [5, 5.41) is 2.85. The second kappa shape index (κ2) is 7.87. The number of rotatable bonds is 7. The van der Waals surface area contributed by atoms with Gasteiger partial charge >= 0.3 is 0 Å². The lowest BCUT2D eigenvalue weighted by Gasteiger charge is -2.19. The van der Waals surface area contributed by atoms with Gasteiger partial charge in [-0.1, -0.05) is 6.07 Å². The lowest BCUT2D eigenvalue weighted by Crippen LogP contribution is -2.24. The zero-order valence-corrected chi connectivity index (χ0v) is 14.4. The number of thiophene rings is 1. The van der Waals surface area contributed by atoms with Crippen LogP contribution in [0.25, 0.3) is 0 Å². The molecule has 2 aromatic heterocycles. The number of hydrogen-bond donors (Lipinski definition) is 1. The average Bonchev–Trinajstić information content (AvgIpc) is 3.05. The van der Waals surface area contributed by atoms with Gasteiger partial charge in [0, 0.05) is 25.8 Å². The highest BCUT2D eigenvalue weighted by atomic mass is 32.1. The summed E-state index contributed by atoms with van der Waals surface area (Å²) in [5.41, 5.74) is 0.942. The van der Waals surface area contributed by atoms with Crippen molar-refractivity contribution in [3.63, 3.8) is 0 Å². The van der Waals surface area contributed by atoms with Crippen LogP contribution in [-0.4, -0.2) is 29.8 Å². The molecule has 2 aromatic rings. The fourth-order valence-electron chi connectivity index (χ4n) is 2.17. The van der Waals surface area contributed by atoms with E-state index in [1.807, 2.05) is 12.1 Å². The molecule has 0 aliphatic rings. The van der Waals surface area contributed by atoms with Crippen molar-refractivity contribution in [3.05, 3.63) is 45.8 Å². The number of hydrogen-bond acceptors (Lipinski definition) is 5. The normalized spacial score (nSPS) is 10.4. The van der Waals surface area contributed by atoms with Gasteiger partial charge in [0.05, 0.1) is 9.75 Å². The van der Waals surface area contributed by atoms with Crippen molar-refractivity contribution >= 4 is 28.8 Å². The topological polar surface area (TPSA) is 62.3 Å². The first-order valence-electron chi connectivity index (χ1n) is 7.64. The van der Waals surface area contributed by atoms with Crippen LogP contribution in [0.5, 0.6) is 0 Å². The highest BCUT2D eigenvalue weighted by molar-refractivity contribution is 7.15. The first kappa shape index (κ1) is 17.1. The van der Waals surface area contributed by atoms with Crippen molar-refractivity contribution < 1.29 is 9.59 Å². The van der Waals surface area contributed by atoms with E-state index in [4.69, 9.17) is 0 Å². The zero-order chi connectivity index (χ0) is 16.8. The molecular formula is C17H21N3O2S. The second-order valence-electron chi connectivity index (χ2n) is 5.10. The molecule has 0 radical (unpaired) electrons. The first-order valence-corrected chi connectivity index (χ1v) is 8.45. The summed E-state index contributed by atoms with van der Waals surface area (Å²) in [6.45, 7) is 7.92. The molecule has 0 atom stereocenters. The van der Waals surface area contributed by atoms with Crippen LogP contribution in [0.15, 0.2) is 30.5 Å². The molecule has 0 aromatic carbocycles. The third kappa shape index (κ3) is 4.39. The van der Waals surface area contributed by atoms with Crippen LogP contribution in [0.1, 0.15) is 45.7 Å². The molecule has 0 saturated heterocycles. The molecule has 6 heteroatoms. The number of nitrogens with zero attached hydrogens (tertiary/aromatic N) is 2. The van der Waals surface area contributed by atoms with E-state index in [9.17, 15) is 9.59 Å². The Kier molecular flexibility index (Phi) is 5.87. The van der Waals surface area contributed by atoms with E-state index < -0.39 is 0 Å². The fourth-order valence-corrected chi connectivity index (χ4v) is 2.99. The number of nitrogens with one attached hydrogen (secondary N) is 1. The van der Waals surface area contributed by atoms with E-state index in [2.05, 4.69) is 29.0 Å². The standard InChI is InChI=1S/C17H21N3O2S/c1-4-20(5-2)16-9-6-13(10-18-16)11-19-17(22)15-8-7-14(23-15)12(3)21/h6-10H,4-5,11H2,1-3H3,(H,19,22). The summed E-state index contributed by atoms with van der Waals surface area (Å²) < 4.78 is 0. The van der Waals surface area contributed by atoms with E-state index in [1.165, 1.54) is 18.3 Å². The van der Waals surface area contributed by atoms with Gasteiger partial charge in [-0.15, -0.1) is 11.3 Å². The van der Waals surface area contributed by atoms with Crippen molar-refractivity contribution in [3.8, 4) is 0 Å². The summed E-state index contributed by atoms with van der Waals surface area (Å²) in [7, 11) is 0. The molecule has 1 N–H and O–H groups in total. The smallest absolute Gasteiger partial charge is 0.261 e. The van der Waals surface area contributed by atoms with Crippen LogP contribution < -0.4 is 10.2 Å². The molecule has 122 valence electrons. The number of aromatic nitrogens is 1. The Hall–Kier alpha value is -2.21. The number of Topliss-reactive ketones (excluding diaryl/α,β-unsaturated/α-hetero) is 1. The van der Waals surface area contributed by atoms with Gasteiger partial charge in [-0.25, -0.2) is 4.98 Å². The molecule has 1 amide bonds. The van der Waals surface area contributed by atoms with Crippen molar-refractivity contribution in [2.24, 2.45) is 0 Å². The maximum absolute atomic E-state index is 12.1. The van der Waals surface area contributed by atoms with Gasteiger partial charge in [0.15, 0.2) is 5.78 Å².